The van der Waals surface area contributed by atoms with E-state index in [4.69, 9.17) is 4.52 Å². The maximum atomic E-state index is 14.7. The molecule has 192 valence electrons. The number of benzene rings is 1. The minimum atomic E-state index is -4.48. The second-order valence-electron chi connectivity index (χ2n) is 9.11. The molecule has 0 bridgehead atoms. The number of hydrogen-bond donors (Lipinski definition) is 2. The summed E-state index contributed by atoms with van der Waals surface area (Å²) in [7, 11) is 3.66. The molecular formula is C23H26F4N8O. The van der Waals surface area contributed by atoms with Crippen LogP contribution in [0.1, 0.15) is 12.3 Å². The lowest BCUT2D eigenvalue weighted by molar-refractivity contribution is -0.139. The van der Waals surface area contributed by atoms with Crippen molar-refractivity contribution in [2.75, 3.05) is 37.4 Å². The van der Waals surface area contributed by atoms with Gasteiger partial charge in [0, 0.05) is 37.4 Å². The van der Waals surface area contributed by atoms with Crippen LogP contribution in [0.4, 0.5) is 28.9 Å². The number of anilines is 2. The lowest BCUT2D eigenvalue weighted by Gasteiger charge is -2.33. The van der Waals surface area contributed by atoms with Crippen LogP contribution in [-0.2, 0) is 13.1 Å². The first-order chi connectivity index (χ1) is 17.2. The number of nitrogens with zero attached hydrogens (tertiary/aromatic N) is 6. The first-order valence-electron chi connectivity index (χ1n) is 11.5. The maximum absolute atomic E-state index is 14.7. The van der Waals surface area contributed by atoms with Crippen LogP contribution in [0, 0.1) is 0 Å². The van der Waals surface area contributed by atoms with Gasteiger partial charge in [0.2, 0.25) is 11.7 Å². The van der Waals surface area contributed by atoms with E-state index in [9.17, 15) is 17.6 Å². The van der Waals surface area contributed by atoms with Crippen molar-refractivity contribution in [2.24, 2.45) is 0 Å². The largest absolute Gasteiger partial charge is 0.406 e. The Labute approximate surface area is 204 Å². The number of aromatic amines is 1. The van der Waals surface area contributed by atoms with Gasteiger partial charge in [-0.1, -0.05) is 11.2 Å². The molecule has 9 nitrogen and oxygen atoms in total. The van der Waals surface area contributed by atoms with Gasteiger partial charge in [0.05, 0.1) is 35.7 Å². The molecule has 4 aromatic rings. The van der Waals surface area contributed by atoms with Crippen LogP contribution in [0.25, 0.3) is 22.4 Å². The van der Waals surface area contributed by atoms with Crippen LogP contribution in [0.2, 0.25) is 0 Å². The highest BCUT2D eigenvalue weighted by Gasteiger charge is 2.32. The molecule has 0 amide bonds. The van der Waals surface area contributed by atoms with E-state index < -0.39 is 24.9 Å². The fourth-order valence-electron chi connectivity index (χ4n) is 4.53. The van der Waals surface area contributed by atoms with E-state index in [1.54, 1.807) is 43.7 Å². The molecular weight excluding hydrogens is 480 g/mol. The second-order valence-corrected chi connectivity index (χ2v) is 9.11. The third kappa shape index (κ3) is 5.01. The number of likely N-dealkylation sites (tertiary alicyclic amines) is 1. The van der Waals surface area contributed by atoms with Gasteiger partial charge >= 0.3 is 6.18 Å². The molecule has 1 aromatic carbocycles. The zero-order valence-corrected chi connectivity index (χ0v) is 19.8. The molecule has 0 saturated carbocycles. The summed E-state index contributed by atoms with van der Waals surface area (Å²) in [5, 5.41) is 14.3. The SMILES string of the molecule is CN1CC[C@H](Nc2cccc3c2cc(-c2noc(CN(C)c4cn[nH]c4)n2)n3CC(F)(F)F)[C@H](F)C1. The van der Waals surface area contributed by atoms with Crippen molar-refractivity contribution < 1.29 is 22.1 Å². The van der Waals surface area contributed by atoms with Crippen molar-refractivity contribution in [2.45, 2.75) is 37.9 Å². The van der Waals surface area contributed by atoms with E-state index in [0.29, 0.717) is 29.6 Å². The average Bonchev–Trinajstić information content (AvgIpc) is 3.56. The van der Waals surface area contributed by atoms with Gasteiger partial charge in [-0.15, -0.1) is 0 Å². The Bertz CT molecular complexity index is 1320. The smallest absolute Gasteiger partial charge is 0.379 e. The Hall–Kier alpha value is -3.61. The van der Waals surface area contributed by atoms with Crippen LogP contribution in [0.3, 0.4) is 0 Å². The van der Waals surface area contributed by atoms with Crippen molar-refractivity contribution >= 4 is 22.3 Å². The highest BCUT2D eigenvalue weighted by molar-refractivity contribution is 5.96. The highest BCUT2D eigenvalue weighted by Crippen LogP contribution is 2.35. The molecule has 36 heavy (non-hydrogen) atoms. The molecule has 0 unspecified atom stereocenters. The zero-order chi connectivity index (χ0) is 25.4. The summed E-state index contributed by atoms with van der Waals surface area (Å²) in [6.45, 7) is 0.0427. The van der Waals surface area contributed by atoms with E-state index in [1.165, 1.54) is 0 Å². The van der Waals surface area contributed by atoms with Crippen molar-refractivity contribution in [3.05, 3.63) is 42.5 Å². The Kier molecular flexibility index (Phi) is 6.33. The number of halogens is 4. The van der Waals surface area contributed by atoms with E-state index in [2.05, 4.69) is 25.7 Å². The molecule has 1 fully saturated rings. The number of rotatable bonds is 7. The highest BCUT2D eigenvalue weighted by atomic mass is 19.4. The summed E-state index contributed by atoms with van der Waals surface area (Å²) >= 11 is 0. The predicted octanol–water partition coefficient (Wildman–Crippen LogP) is 4.07. The maximum Gasteiger partial charge on any atom is 0.406 e. The monoisotopic (exact) mass is 506 g/mol. The number of hydrogen-bond acceptors (Lipinski definition) is 7. The van der Waals surface area contributed by atoms with Gasteiger partial charge in [-0.3, -0.25) is 5.10 Å². The summed E-state index contributed by atoms with van der Waals surface area (Å²) in [6.07, 6.45) is -1.67. The van der Waals surface area contributed by atoms with Crippen LogP contribution >= 0.6 is 0 Å². The third-order valence-electron chi connectivity index (χ3n) is 6.36. The number of aromatic nitrogens is 5. The third-order valence-corrected chi connectivity index (χ3v) is 6.36. The van der Waals surface area contributed by atoms with Gasteiger partial charge in [-0.25, -0.2) is 4.39 Å². The van der Waals surface area contributed by atoms with E-state index in [-0.39, 0.29) is 24.0 Å². The molecule has 1 aliphatic rings. The minimum absolute atomic E-state index is 0.0413. The predicted molar refractivity (Wildman–Crippen MR) is 126 cm³/mol. The van der Waals surface area contributed by atoms with Gasteiger partial charge in [-0.05, 0) is 31.7 Å². The minimum Gasteiger partial charge on any atom is -0.379 e. The number of alkyl halides is 4. The van der Waals surface area contributed by atoms with Crippen molar-refractivity contribution in [1.82, 2.24) is 29.8 Å². The fraction of sp³-hybridized carbons (Fsp3) is 0.435. The average molecular weight is 507 g/mol. The van der Waals surface area contributed by atoms with Gasteiger partial charge in [-0.2, -0.15) is 23.3 Å². The van der Waals surface area contributed by atoms with E-state index in [0.717, 1.165) is 16.8 Å². The Balaban J connectivity index is 1.49. The van der Waals surface area contributed by atoms with Crippen molar-refractivity contribution in [3.63, 3.8) is 0 Å². The van der Waals surface area contributed by atoms with Crippen molar-refractivity contribution in [1.29, 1.82) is 0 Å². The Morgan fingerprint density at radius 2 is 2.14 bits per heavy atom. The summed E-state index contributed by atoms with van der Waals surface area (Å²) in [5.74, 6) is 0.280. The van der Waals surface area contributed by atoms with E-state index in [1.807, 2.05) is 16.8 Å². The van der Waals surface area contributed by atoms with Gasteiger partial charge in [0.15, 0.2) is 0 Å². The molecule has 3 aromatic heterocycles. The first kappa shape index (κ1) is 24.1. The molecule has 5 rings (SSSR count). The second kappa shape index (κ2) is 9.45. The molecule has 0 aliphatic carbocycles. The number of nitrogens with one attached hydrogen (secondary N) is 2. The van der Waals surface area contributed by atoms with Crippen LogP contribution in [0.5, 0.6) is 0 Å². The normalized spacial score (nSPS) is 19.2. The summed E-state index contributed by atoms with van der Waals surface area (Å²) in [4.78, 5) is 8.08. The Morgan fingerprint density at radius 1 is 1.31 bits per heavy atom. The summed E-state index contributed by atoms with van der Waals surface area (Å²) in [6, 6.07) is 6.17. The van der Waals surface area contributed by atoms with Gasteiger partial charge < -0.3 is 24.2 Å². The molecule has 2 N–H and O–H groups in total. The lowest BCUT2D eigenvalue weighted by Crippen LogP contribution is -2.46. The Morgan fingerprint density at radius 3 is 2.86 bits per heavy atom. The zero-order valence-electron chi connectivity index (χ0n) is 19.8. The summed E-state index contributed by atoms with van der Waals surface area (Å²) in [5.41, 5.74) is 1.86. The standard InChI is InChI=1S/C23H26F4N8O/c1-33-7-6-18(16(24)11-33)30-17-4-3-5-19-15(17)8-20(35(19)13-23(25,26)27)22-31-21(36-32-22)12-34(2)14-9-28-29-10-14/h3-5,8-10,16,18,30H,6-7,11-13H2,1-2H3,(H,28,29)/t16-,18+/m1/s1. The molecule has 1 aliphatic heterocycles. The molecule has 1 saturated heterocycles. The van der Waals surface area contributed by atoms with Crippen LogP contribution in [0.15, 0.2) is 41.2 Å². The molecule has 2 atom stereocenters. The van der Waals surface area contributed by atoms with Crippen LogP contribution in [-0.4, -0.2) is 75.4 Å². The number of fused-ring (bicyclic) bond motifs is 1. The lowest BCUT2D eigenvalue weighted by atomic mass is 10.0. The van der Waals surface area contributed by atoms with Crippen molar-refractivity contribution in [3.8, 4) is 11.5 Å². The number of piperidine rings is 1. The van der Waals surface area contributed by atoms with Gasteiger partial charge in [0.1, 0.15) is 12.7 Å². The number of H-pyrrole nitrogens is 1. The molecule has 0 spiro atoms. The molecule has 0 radical (unpaired) electrons. The summed E-state index contributed by atoms with van der Waals surface area (Å²) < 4.78 is 61.8. The fourth-order valence-corrected chi connectivity index (χ4v) is 4.53. The molecule has 13 heteroatoms. The quantitative estimate of drug-likeness (QED) is 0.365. The first-order valence-corrected chi connectivity index (χ1v) is 11.5. The van der Waals surface area contributed by atoms with Gasteiger partial charge in [0.25, 0.3) is 0 Å². The van der Waals surface area contributed by atoms with E-state index >= 15 is 0 Å². The topological polar surface area (TPSA) is 91.0 Å². The molecule has 4 heterocycles. The van der Waals surface area contributed by atoms with Crippen LogP contribution < -0.4 is 10.2 Å².